The monoisotopic (exact) mass is 359 g/mol. The fourth-order valence-corrected chi connectivity index (χ4v) is 2.10. The van der Waals surface area contributed by atoms with Gasteiger partial charge in [-0.2, -0.15) is 5.10 Å². The van der Waals surface area contributed by atoms with E-state index >= 15 is 0 Å². The largest absolute Gasteiger partial charge is 0.478 e. The van der Waals surface area contributed by atoms with Crippen molar-refractivity contribution in [2.24, 2.45) is 5.10 Å². The number of carbonyl (C=O) groups excluding carboxylic acids is 2. The zero-order chi connectivity index (χ0) is 18.4. The summed E-state index contributed by atoms with van der Waals surface area (Å²) in [6.45, 7) is 1.75. The van der Waals surface area contributed by atoms with Gasteiger partial charge < -0.3 is 10.4 Å². The van der Waals surface area contributed by atoms with Crippen LogP contribution < -0.4 is 10.7 Å². The van der Waals surface area contributed by atoms with Gasteiger partial charge in [0.05, 0.1) is 11.8 Å². The molecule has 128 valence electrons. The second-order valence-corrected chi connectivity index (χ2v) is 5.48. The van der Waals surface area contributed by atoms with E-state index in [0.29, 0.717) is 16.3 Å². The van der Waals surface area contributed by atoms with Crippen molar-refractivity contribution in [3.05, 3.63) is 64.2 Å². The molecule has 2 amide bonds. The van der Waals surface area contributed by atoms with Crippen LogP contribution >= 0.6 is 11.6 Å². The van der Waals surface area contributed by atoms with Gasteiger partial charge >= 0.3 is 17.8 Å². The van der Waals surface area contributed by atoms with Gasteiger partial charge in [0.1, 0.15) is 0 Å². The first kappa shape index (κ1) is 18.2. The maximum atomic E-state index is 11.8. The van der Waals surface area contributed by atoms with Gasteiger partial charge in [0, 0.05) is 10.7 Å². The fraction of sp³-hybridized carbons (Fsp3) is 0.0588. The molecule has 0 aliphatic heterocycles. The van der Waals surface area contributed by atoms with Crippen molar-refractivity contribution in [1.82, 2.24) is 5.43 Å². The number of hydrogen-bond donors (Lipinski definition) is 3. The normalized spacial score (nSPS) is 10.5. The average Bonchev–Trinajstić information content (AvgIpc) is 2.57. The number of halogens is 1. The van der Waals surface area contributed by atoms with Crippen molar-refractivity contribution in [1.29, 1.82) is 0 Å². The number of anilines is 1. The molecule has 0 aliphatic rings. The molecule has 2 aromatic rings. The zero-order valence-corrected chi connectivity index (χ0v) is 13.9. The molecule has 0 saturated carbocycles. The van der Waals surface area contributed by atoms with Crippen LogP contribution in [-0.2, 0) is 9.59 Å². The lowest BCUT2D eigenvalue weighted by molar-refractivity contribution is -0.136. The first-order valence-electron chi connectivity index (χ1n) is 7.10. The topological polar surface area (TPSA) is 108 Å². The summed E-state index contributed by atoms with van der Waals surface area (Å²) in [4.78, 5) is 34.3. The molecule has 0 fully saturated rings. The van der Waals surface area contributed by atoms with E-state index in [0.717, 1.165) is 5.56 Å². The number of rotatable bonds is 4. The highest BCUT2D eigenvalue weighted by molar-refractivity contribution is 6.39. The van der Waals surface area contributed by atoms with Crippen LogP contribution in [0.3, 0.4) is 0 Å². The number of hydrazone groups is 1. The van der Waals surface area contributed by atoms with E-state index in [1.165, 1.54) is 30.5 Å². The number of nitrogens with one attached hydrogen (secondary N) is 2. The van der Waals surface area contributed by atoms with Gasteiger partial charge in [0.25, 0.3) is 0 Å². The van der Waals surface area contributed by atoms with Crippen LogP contribution in [0.1, 0.15) is 21.5 Å². The van der Waals surface area contributed by atoms with Crippen molar-refractivity contribution < 1.29 is 19.5 Å². The lowest BCUT2D eigenvalue weighted by Gasteiger charge is -2.07. The van der Waals surface area contributed by atoms with Crippen molar-refractivity contribution in [2.45, 2.75) is 6.92 Å². The lowest BCUT2D eigenvalue weighted by Crippen LogP contribution is -2.32. The van der Waals surface area contributed by atoms with Crippen LogP contribution in [0.4, 0.5) is 5.69 Å². The Hall–Kier alpha value is -3.19. The minimum atomic E-state index is -1.04. The summed E-state index contributed by atoms with van der Waals surface area (Å²) in [6, 6.07) is 10.7. The smallest absolute Gasteiger partial charge is 0.335 e. The number of nitrogens with zero attached hydrogens (tertiary/aromatic N) is 1. The van der Waals surface area contributed by atoms with Gasteiger partial charge in [0.15, 0.2) is 0 Å². The zero-order valence-electron chi connectivity index (χ0n) is 13.1. The van der Waals surface area contributed by atoms with Crippen LogP contribution in [0.2, 0.25) is 5.02 Å². The number of amides is 2. The molecule has 0 aromatic heterocycles. The molecule has 0 atom stereocenters. The van der Waals surface area contributed by atoms with Gasteiger partial charge in [-0.25, -0.2) is 10.2 Å². The molecular weight excluding hydrogens is 346 g/mol. The van der Waals surface area contributed by atoms with Crippen LogP contribution in [0.5, 0.6) is 0 Å². The van der Waals surface area contributed by atoms with E-state index in [1.54, 1.807) is 25.1 Å². The summed E-state index contributed by atoms with van der Waals surface area (Å²) >= 11 is 5.83. The second kappa shape index (κ2) is 8.07. The van der Waals surface area contributed by atoms with E-state index in [2.05, 4.69) is 15.8 Å². The van der Waals surface area contributed by atoms with E-state index < -0.39 is 17.8 Å². The summed E-state index contributed by atoms with van der Waals surface area (Å²) in [5.74, 6) is -2.84. The molecule has 2 aromatic carbocycles. The van der Waals surface area contributed by atoms with Crippen LogP contribution in [0.25, 0.3) is 0 Å². The first-order valence-corrected chi connectivity index (χ1v) is 7.48. The highest BCUT2D eigenvalue weighted by atomic mass is 35.5. The van der Waals surface area contributed by atoms with Crippen LogP contribution in [0, 0.1) is 6.92 Å². The number of aryl methyl sites for hydroxylation is 1. The Labute approximate surface area is 148 Å². The molecule has 25 heavy (non-hydrogen) atoms. The minimum Gasteiger partial charge on any atom is -0.478 e. The number of benzene rings is 2. The molecule has 7 nitrogen and oxygen atoms in total. The third-order valence-electron chi connectivity index (χ3n) is 3.18. The van der Waals surface area contributed by atoms with Crippen molar-refractivity contribution in [3.8, 4) is 0 Å². The molecule has 0 spiro atoms. The Morgan fingerprint density at radius 1 is 1.08 bits per heavy atom. The molecular formula is C17H14ClN3O4. The third-order valence-corrected chi connectivity index (χ3v) is 3.42. The Bertz CT molecular complexity index is 847. The highest BCUT2D eigenvalue weighted by Crippen LogP contribution is 2.19. The Morgan fingerprint density at radius 2 is 1.76 bits per heavy atom. The van der Waals surface area contributed by atoms with Crippen molar-refractivity contribution >= 4 is 41.3 Å². The SMILES string of the molecule is Cc1cc(Cl)ccc1NC(=O)C(=O)NN=Cc1ccc(C(=O)O)cc1. The van der Waals surface area contributed by atoms with Gasteiger partial charge in [-0.15, -0.1) is 0 Å². The molecule has 0 unspecified atom stereocenters. The molecule has 0 bridgehead atoms. The molecule has 0 saturated heterocycles. The standard InChI is InChI=1S/C17H14ClN3O4/c1-10-8-13(18)6-7-14(10)20-15(22)16(23)21-19-9-11-2-4-12(5-3-11)17(24)25/h2-9H,1H3,(H,20,22)(H,21,23)(H,24,25). The summed E-state index contributed by atoms with van der Waals surface area (Å²) in [5.41, 5.74) is 3.99. The van der Waals surface area contributed by atoms with Crippen molar-refractivity contribution in [3.63, 3.8) is 0 Å². The summed E-state index contributed by atoms with van der Waals surface area (Å²) in [6.07, 6.45) is 1.30. The quantitative estimate of drug-likeness (QED) is 0.442. The van der Waals surface area contributed by atoms with Crippen molar-refractivity contribution in [2.75, 3.05) is 5.32 Å². The second-order valence-electron chi connectivity index (χ2n) is 5.04. The molecule has 3 N–H and O–H groups in total. The average molecular weight is 360 g/mol. The van der Waals surface area contributed by atoms with Gasteiger partial charge in [-0.3, -0.25) is 9.59 Å². The summed E-state index contributed by atoms with van der Waals surface area (Å²) in [7, 11) is 0. The Kier molecular flexibility index (Phi) is 5.86. The highest BCUT2D eigenvalue weighted by Gasteiger charge is 2.14. The molecule has 0 heterocycles. The molecule has 0 radical (unpaired) electrons. The van der Waals surface area contributed by atoms with E-state index in [1.807, 2.05) is 0 Å². The summed E-state index contributed by atoms with van der Waals surface area (Å²) in [5, 5.41) is 15.4. The molecule has 8 heteroatoms. The van der Waals surface area contributed by atoms with E-state index in [4.69, 9.17) is 16.7 Å². The first-order chi connectivity index (χ1) is 11.9. The number of carboxylic acid groups (broad SMARTS) is 1. The lowest BCUT2D eigenvalue weighted by atomic mass is 10.1. The maximum absolute atomic E-state index is 11.8. The van der Waals surface area contributed by atoms with Crippen LogP contribution in [0.15, 0.2) is 47.6 Å². The third kappa shape index (κ3) is 5.15. The van der Waals surface area contributed by atoms with E-state index in [-0.39, 0.29) is 5.56 Å². The summed E-state index contributed by atoms with van der Waals surface area (Å²) < 4.78 is 0. The van der Waals surface area contributed by atoms with Gasteiger partial charge in [-0.05, 0) is 48.4 Å². The Balaban J connectivity index is 1.92. The Morgan fingerprint density at radius 3 is 2.36 bits per heavy atom. The molecule has 0 aliphatic carbocycles. The van der Waals surface area contributed by atoms with Gasteiger partial charge in [0.2, 0.25) is 0 Å². The number of hydrogen-bond acceptors (Lipinski definition) is 4. The van der Waals surface area contributed by atoms with Gasteiger partial charge in [-0.1, -0.05) is 23.7 Å². The predicted molar refractivity (Wildman–Crippen MR) is 94.0 cm³/mol. The number of carboxylic acids is 1. The maximum Gasteiger partial charge on any atom is 0.335 e. The fourth-order valence-electron chi connectivity index (χ4n) is 1.87. The van der Waals surface area contributed by atoms with E-state index in [9.17, 15) is 14.4 Å². The minimum absolute atomic E-state index is 0.138. The number of aromatic carboxylic acids is 1. The predicted octanol–water partition coefficient (Wildman–Crippen LogP) is 2.44. The number of carbonyl (C=O) groups is 3. The molecule has 2 rings (SSSR count). The van der Waals surface area contributed by atoms with Crippen LogP contribution in [-0.4, -0.2) is 29.1 Å².